The Morgan fingerprint density at radius 2 is 1.71 bits per heavy atom. The van der Waals surface area contributed by atoms with Crippen molar-refractivity contribution < 1.29 is 14.7 Å². The second-order valence-electron chi connectivity index (χ2n) is 6.78. The molecule has 0 aliphatic heterocycles. The first-order valence-electron chi connectivity index (χ1n) is 7.56. The third-order valence-electron chi connectivity index (χ3n) is 5.12. The number of benzene rings is 1. The van der Waals surface area contributed by atoms with Crippen molar-refractivity contribution in [3.63, 3.8) is 0 Å². The van der Waals surface area contributed by atoms with Crippen LogP contribution in [0.3, 0.4) is 0 Å². The van der Waals surface area contributed by atoms with E-state index < -0.39 is 11.4 Å². The molecule has 1 aromatic rings. The Morgan fingerprint density at radius 3 is 2.24 bits per heavy atom. The van der Waals surface area contributed by atoms with E-state index in [0.717, 1.165) is 11.3 Å². The smallest absolute Gasteiger partial charge is 0.313 e. The van der Waals surface area contributed by atoms with Gasteiger partial charge < -0.3 is 10.4 Å². The average molecular weight is 287 g/mol. The minimum Gasteiger partial charge on any atom is -0.481 e. The first-order chi connectivity index (χ1) is 9.91. The van der Waals surface area contributed by atoms with Gasteiger partial charge in [-0.3, -0.25) is 9.59 Å². The number of anilines is 1. The summed E-state index contributed by atoms with van der Waals surface area (Å²) in [4.78, 5) is 23.4. The summed E-state index contributed by atoms with van der Waals surface area (Å²) in [6, 6.07) is 7.13. The van der Waals surface area contributed by atoms with Crippen LogP contribution in [0.1, 0.15) is 38.7 Å². The maximum atomic E-state index is 12.2. The van der Waals surface area contributed by atoms with Crippen molar-refractivity contribution in [2.45, 2.75) is 38.5 Å². The molecule has 4 nitrogen and oxygen atoms in total. The summed E-state index contributed by atoms with van der Waals surface area (Å²) < 4.78 is 0. The van der Waals surface area contributed by atoms with Gasteiger partial charge in [0.05, 0.1) is 5.41 Å². The molecule has 3 rings (SSSR count). The normalized spacial score (nSPS) is 27.0. The summed E-state index contributed by atoms with van der Waals surface area (Å²) in [5, 5.41) is 12.2. The fourth-order valence-corrected chi connectivity index (χ4v) is 3.53. The number of amides is 1. The van der Waals surface area contributed by atoms with Crippen molar-refractivity contribution in [3.8, 4) is 0 Å². The van der Waals surface area contributed by atoms with Crippen LogP contribution in [0.4, 0.5) is 5.69 Å². The number of carboxylic acid groups (broad SMARTS) is 1. The Kier molecular flexibility index (Phi) is 3.27. The molecule has 4 heteroatoms. The number of nitrogens with one attached hydrogen (secondary N) is 1. The van der Waals surface area contributed by atoms with Gasteiger partial charge in [-0.25, -0.2) is 0 Å². The van der Waals surface area contributed by atoms with Crippen LogP contribution < -0.4 is 5.32 Å². The molecule has 2 unspecified atom stereocenters. The molecule has 21 heavy (non-hydrogen) atoms. The molecule has 112 valence electrons. The molecule has 1 amide bonds. The van der Waals surface area contributed by atoms with Crippen molar-refractivity contribution in [2.24, 2.45) is 17.8 Å². The monoisotopic (exact) mass is 287 g/mol. The van der Waals surface area contributed by atoms with Gasteiger partial charge in [0.1, 0.15) is 0 Å². The van der Waals surface area contributed by atoms with Crippen LogP contribution in [0.5, 0.6) is 0 Å². The fourth-order valence-electron chi connectivity index (χ4n) is 3.53. The summed E-state index contributed by atoms with van der Waals surface area (Å²) in [5.41, 5.74) is 0.557. The lowest BCUT2D eigenvalue weighted by molar-refractivity contribution is -0.142. The fraction of sp³-hybridized carbons (Fsp3) is 0.529. The lowest BCUT2D eigenvalue weighted by Gasteiger charge is -2.20. The second-order valence-corrected chi connectivity index (χ2v) is 6.78. The lowest BCUT2D eigenvalue weighted by Crippen LogP contribution is -2.28. The van der Waals surface area contributed by atoms with Crippen LogP contribution in [0.15, 0.2) is 24.3 Å². The standard InChI is InChI=1S/C17H21NO3/c1-17(2,16(20)21)10-6-8-11(9-7-10)18-15(19)14-12-4-3-5-13(12)14/h6-9,12-14H,3-5H2,1-2H3,(H,18,19)(H,20,21). The van der Waals surface area contributed by atoms with Gasteiger partial charge in [-0.15, -0.1) is 0 Å². The Morgan fingerprint density at radius 1 is 1.14 bits per heavy atom. The van der Waals surface area contributed by atoms with Crippen molar-refractivity contribution in [1.29, 1.82) is 0 Å². The average Bonchev–Trinajstić information content (AvgIpc) is 2.93. The molecule has 0 spiro atoms. The summed E-state index contributed by atoms with van der Waals surface area (Å²) in [6.07, 6.45) is 3.64. The van der Waals surface area contributed by atoms with Crippen molar-refractivity contribution >= 4 is 17.6 Å². The first-order valence-corrected chi connectivity index (χ1v) is 7.56. The number of hydrogen-bond acceptors (Lipinski definition) is 2. The Bertz CT molecular complexity index is 566. The Hall–Kier alpha value is -1.84. The zero-order valence-corrected chi connectivity index (χ0v) is 12.4. The highest BCUT2D eigenvalue weighted by Gasteiger charge is 2.56. The van der Waals surface area contributed by atoms with Crippen molar-refractivity contribution in [1.82, 2.24) is 0 Å². The Labute approximate surface area is 124 Å². The number of hydrogen-bond donors (Lipinski definition) is 2. The molecule has 0 bridgehead atoms. The van der Waals surface area contributed by atoms with Crippen LogP contribution in [0.25, 0.3) is 0 Å². The highest BCUT2D eigenvalue weighted by Crippen LogP contribution is 2.57. The van der Waals surface area contributed by atoms with Gasteiger partial charge >= 0.3 is 5.97 Å². The first kappa shape index (κ1) is 14.1. The molecule has 2 fully saturated rings. The maximum Gasteiger partial charge on any atom is 0.313 e. The summed E-state index contributed by atoms with van der Waals surface area (Å²) in [6.45, 7) is 3.35. The molecule has 2 aliphatic carbocycles. The van der Waals surface area contributed by atoms with E-state index in [1.54, 1.807) is 38.1 Å². The highest BCUT2D eigenvalue weighted by molar-refractivity contribution is 5.95. The van der Waals surface area contributed by atoms with E-state index >= 15 is 0 Å². The van der Waals surface area contributed by atoms with Gasteiger partial charge in [0.15, 0.2) is 0 Å². The van der Waals surface area contributed by atoms with E-state index in [4.69, 9.17) is 0 Å². The van der Waals surface area contributed by atoms with E-state index in [2.05, 4.69) is 5.32 Å². The minimum absolute atomic E-state index is 0.120. The van der Waals surface area contributed by atoms with Crippen molar-refractivity contribution in [2.75, 3.05) is 5.32 Å². The topological polar surface area (TPSA) is 66.4 Å². The lowest BCUT2D eigenvalue weighted by atomic mass is 9.85. The van der Waals surface area contributed by atoms with Crippen LogP contribution in [-0.2, 0) is 15.0 Å². The summed E-state index contributed by atoms with van der Waals surface area (Å²) in [7, 11) is 0. The number of aliphatic carboxylic acids is 1. The predicted molar refractivity (Wildman–Crippen MR) is 80.1 cm³/mol. The molecule has 0 radical (unpaired) electrons. The quantitative estimate of drug-likeness (QED) is 0.894. The van der Waals surface area contributed by atoms with E-state index in [9.17, 15) is 14.7 Å². The molecule has 0 aromatic heterocycles. The molecule has 2 atom stereocenters. The van der Waals surface area contributed by atoms with Crippen molar-refractivity contribution in [3.05, 3.63) is 29.8 Å². The van der Waals surface area contributed by atoms with Gasteiger partial charge in [0.25, 0.3) is 0 Å². The molecule has 0 heterocycles. The SMILES string of the molecule is CC(C)(C(=O)O)c1ccc(NC(=O)C2C3CCCC32)cc1. The largest absolute Gasteiger partial charge is 0.481 e. The summed E-state index contributed by atoms with van der Waals surface area (Å²) >= 11 is 0. The third kappa shape index (κ3) is 2.43. The second kappa shape index (κ2) is 4.86. The molecule has 1 aromatic carbocycles. The van der Waals surface area contributed by atoms with E-state index in [0.29, 0.717) is 11.8 Å². The maximum absolute atomic E-state index is 12.2. The molecule has 2 saturated carbocycles. The zero-order valence-electron chi connectivity index (χ0n) is 12.4. The predicted octanol–water partition coefficient (Wildman–Crippen LogP) is 3.03. The minimum atomic E-state index is -0.921. The van der Waals surface area contributed by atoms with Gasteiger partial charge in [0, 0.05) is 11.6 Å². The van der Waals surface area contributed by atoms with Crippen LogP contribution in [0, 0.1) is 17.8 Å². The number of carbonyl (C=O) groups is 2. The van der Waals surface area contributed by atoms with E-state index in [1.807, 2.05) is 0 Å². The number of carbonyl (C=O) groups excluding carboxylic acids is 1. The zero-order chi connectivity index (χ0) is 15.2. The molecule has 2 N–H and O–H groups in total. The van der Waals surface area contributed by atoms with Crippen LogP contribution in [-0.4, -0.2) is 17.0 Å². The number of fused-ring (bicyclic) bond motifs is 1. The molecular formula is C17H21NO3. The molecule has 2 aliphatic rings. The van der Waals surface area contributed by atoms with Gasteiger partial charge in [-0.2, -0.15) is 0 Å². The molecule has 0 saturated heterocycles. The molecular weight excluding hydrogens is 266 g/mol. The van der Waals surface area contributed by atoms with Crippen LogP contribution in [0.2, 0.25) is 0 Å². The summed E-state index contributed by atoms with van der Waals surface area (Å²) in [5.74, 6) is 0.680. The third-order valence-corrected chi connectivity index (χ3v) is 5.12. The van der Waals surface area contributed by atoms with E-state index in [1.165, 1.54) is 19.3 Å². The van der Waals surface area contributed by atoms with Gasteiger partial charge in [-0.05, 0) is 56.2 Å². The van der Waals surface area contributed by atoms with E-state index in [-0.39, 0.29) is 11.8 Å². The Balaban J connectivity index is 1.65. The van der Waals surface area contributed by atoms with Crippen LogP contribution >= 0.6 is 0 Å². The number of rotatable bonds is 4. The number of carboxylic acids is 1. The van der Waals surface area contributed by atoms with Gasteiger partial charge in [0.2, 0.25) is 5.91 Å². The highest BCUT2D eigenvalue weighted by atomic mass is 16.4. The van der Waals surface area contributed by atoms with Gasteiger partial charge in [-0.1, -0.05) is 18.6 Å².